The summed E-state index contributed by atoms with van der Waals surface area (Å²) in [6.45, 7) is 0. The number of aromatic nitrogens is 1. The van der Waals surface area contributed by atoms with Crippen LogP contribution in [0.5, 0.6) is 0 Å². The molecule has 25 heavy (non-hydrogen) atoms. The van der Waals surface area contributed by atoms with E-state index in [2.05, 4.69) is 10.3 Å². The molecule has 5 unspecified atom stereocenters. The van der Waals surface area contributed by atoms with E-state index in [1.165, 1.54) is 11.3 Å². The highest BCUT2D eigenvalue weighted by Gasteiger charge is 2.75. The van der Waals surface area contributed by atoms with Gasteiger partial charge in [-0.3, -0.25) is 9.59 Å². The topological polar surface area (TPSA) is 59.1 Å². The molecule has 8 heteroatoms. The van der Waals surface area contributed by atoms with Crippen LogP contribution in [0, 0.1) is 29.6 Å². The Morgan fingerprint density at radius 3 is 2.92 bits per heavy atom. The summed E-state index contributed by atoms with van der Waals surface area (Å²) in [5.74, 6) is 0.564. The first-order chi connectivity index (χ1) is 12.0. The van der Waals surface area contributed by atoms with Gasteiger partial charge in [0.1, 0.15) is 5.78 Å². The average molecular weight is 380 g/mol. The number of thiazole rings is 1. The molecule has 0 saturated heterocycles. The highest BCUT2D eigenvalue weighted by Crippen LogP contribution is 2.71. The van der Waals surface area contributed by atoms with Crippen LogP contribution in [0.15, 0.2) is 22.5 Å². The van der Waals surface area contributed by atoms with Crippen molar-refractivity contribution < 1.29 is 18.4 Å². The fourth-order valence-corrected chi connectivity index (χ4v) is 6.48. The van der Waals surface area contributed by atoms with E-state index in [4.69, 9.17) is 0 Å². The third-order valence-corrected chi connectivity index (χ3v) is 7.74. The van der Waals surface area contributed by atoms with Gasteiger partial charge < -0.3 is 5.32 Å². The predicted molar refractivity (Wildman–Crippen MR) is 92.1 cm³/mol. The van der Waals surface area contributed by atoms with E-state index in [1.54, 1.807) is 12.1 Å². The van der Waals surface area contributed by atoms with Crippen molar-refractivity contribution in [2.45, 2.75) is 17.2 Å². The van der Waals surface area contributed by atoms with Gasteiger partial charge in [-0.15, -0.1) is 11.3 Å². The van der Waals surface area contributed by atoms with Gasteiger partial charge in [0.15, 0.2) is 4.34 Å². The van der Waals surface area contributed by atoms with Crippen LogP contribution >= 0.6 is 23.1 Å². The lowest BCUT2D eigenvalue weighted by Crippen LogP contribution is -2.27. The number of benzene rings is 1. The van der Waals surface area contributed by atoms with Crippen molar-refractivity contribution in [3.63, 3.8) is 0 Å². The summed E-state index contributed by atoms with van der Waals surface area (Å²) in [4.78, 5) is 28.9. The van der Waals surface area contributed by atoms with Crippen molar-refractivity contribution in [3.8, 4) is 0 Å². The lowest BCUT2D eigenvalue weighted by atomic mass is 9.96. The summed E-state index contributed by atoms with van der Waals surface area (Å²) >= 11 is 2.38. The Morgan fingerprint density at radius 2 is 2.28 bits per heavy atom. The van der Waals surface area contributed by atoms with Gasteiger partial charge in [-0.25, -0.2) is 13.8 Å². The summed E-state index contributed by atoms with van der Waals surface area (Å²) in [5, 5.41) is 2.93. The third kappa shape index (κ3) is 2.41. The fourth-order valence-electron chi connectivity index (χ4n) is 4.60. The molecular formula is C17H14F2N2O2S2. The molecule has 2 aromatic rings. The number of halogens is 2. The Balaban J connectivity index is 1.32. The fraction of sp³-hybridized carbons (Fsp3) is 0.471. The Hall–Kier alpha value is -1.54. The minimum Gasteiger partial charge on any atom is -0.326 e. The minimum atomic E-state index is -2.36. The largest absolute Gasteiger partial charge is 0.326 e. The maximum Gasteiger partial charge on any atom is 0.248 e. The van der Waals surface area contributed by atoms with Gasteiger partial charge in [0.25, 0.3) is 0 Å². The second kappa shape index (κ2) is 5.48. The molecule has 4 aliphatic carbocycles. The van der Waals surface area contributed by atoms with E-state index in [-0.39, 0.29) is 41.1 Å². The van der Waals surface area contributed by atoms with Crippen molar-refractivity contribution in [2.24, 2.45) is 29.6 Å². The van der Waals surface area contributed by atoms with Gasteiger partial charge in [-0.1, -0.05) is 11.8 Å². The predicted octanol–water partition coefficient (Wildman–Crippen LogP) is 3.67. The van der Waals surface area contributed by atoms with E-state index >= 15 is 0 Å². The highest BCUT2D eigenvalue weighted by molar-refractivity contribution is 8.01. The number of ketones is 1. The molecule has 6 rings (SSSR count). The molecule has 4 saturated carbocycles. The summed E-state index contributed by atoms with van der Waals surface area (Å²) in [6, 6.07) is 5.38. The molecule has 0 radical (unpaired) electrons. The molecule has 1 heterocycles. The number of amides is 1. The van der Waals surface area contributed by atoms with Crippen LogP contribution < -0.4 is 5.32 Å². The SMILES string of the molecule is O=C(Nc1ccc2nc(SCC(F)F)sc2c1)C1C2CC3C(C2=O)C31. The molecule has 0 aliphatic heterocycles. The Kier molecular flexibility index (Phi) is 3.44. The molecule has 4 nitrogen and oxygen atoms in total. The van der Waals surface area contributed by atoms with E-state index in [0.29, 0.717) is 15.9 Å². The van der Waals surface area contributed by atoms with Gasteiger partial charge in [0.2, 0.25) is 12.3 Å². The monoisotopic (exact) mass is 380 g/mol. The Morgan fingerprint density at radius 1 is 1.44 bits per heavy atom. The van der Waals surface area contributed by atoms with Crippen molar-refractivity contribution in [1.29, 1.82) is 0 Å². The highest BCUT2D eigenvalue weighted by atomic mass is 32.2. The number of Topliss-reactive ketones (excluding diaryl/α,β-unsaturated/α-hetero) is 1. The van der Waals surface area contributed by atoms with Crippen LogP contribution in [-0.2, 0) is 9.59 Å². The first kappa shape index (κ1) is 15.7. The normalized spacial score (nSPS) is 32.0. The number of carbonyl (C=O) groups excluding carboxylic acids is 2. The number of nitrogens with one attached hydrogen (secondary N) is 1. The smallest absolute Gasteiger partial charge is 0.248 e. The molecular weight excluding hydrogens is 366 g/mol. The number of hydrogen-bond acceptors (Lipinski definition) is 5. The van der Waals surface area contributed by atoms with E-state index in [9.17, 15) is 18.4 Å². The van der Waals surface area contributed by atoms with Crippen LogP contribution in [0.4, 0.5) is 14.5 Å². The molecule has 4 fully saturated rings. The van der Waals surface area contributed by atoms with Crippen LogP contribution in [0.3, 0.4) is 0 Å². The molecule has 1 aromatic carbocycles. The van der Waals surface area contributed by atoms with Crippen LogP contribution in [-0.4, -0.2) is 28.9 Å². The van der Waals surface area contributed by atoms with Crippen molar-refractivity contribution in [2.75, 3.05) is 11.1 Å². The summed E-state index contributed by atoms with van der Waals surface area (Å²) in [7, 11) is 0. The van der Waals surface area contributed by atoms with E-state index in [1.807, 2.05) is 6.07 Å². The molecule has 4 aliphatic rings. The van der Waals surface area contributed by atoms with Crippen LogP contribution in [0.1, 0.15) is 6.42 Å². The van der Waals surface area contributed by atoms with Crippen molar-refractivity contribution >= 4 is 50.7 Å². The maximum atomic E-state index is 12.6. The summed E-state index contributed by atoms with van der Waals surface area (Å²) in [6.07, 6.45) is -1.48. The molecule has 130 valence electrons. The lowest BCUT2D eigenvalue weighted by molar-refractivity contribution is -0.126. The number of thioether (sulfide) groups is 1. The number of anilines is 1. The first-order valence-electron chi connectivity index (χ1n) is 8.19. The first-order valence-corrected chi connectivity index (χ1v) is 9.99. The van der Waals surface area contributed by atoms with E-state index < -0.39 is 6.43 Å². The quantitative estimate of drug-likeness (QED) is 0.804. The van der Waals surface area contributed by atoms with Gasteiger partial charge in [-0.2, -0.15) is 0 Å². The molecule has 1 N–H and O–H groups in total. The Labute approximate surface area is 150 Å². The van der Waals surface area contributed by atoms with Crippen LogP contribution in [0.2, 0.25) is 0 Å². The number of fused-ring (bicyclic) bond motifs is 1. The molecule has 0 spiro atoms. The Bertz CT molecular complexity index is 900. The number of rotatable bonds is 5. The zero-order valence-corrected chi connectivity index (χ0v) is 14.6. The second-order valence-corrected chi connectivity index (χ2v) is 9.19. The van der Waals surface area contributed by atoms with Gasteiger partial charge >= 0.3 is 0 Å². The number of carbonyl (C=O) groups is 2. The zero-order chi connectivity index (χ0) is 17.3. The third-order valence-electron chi connectivity index (χ3n) is 5.57. The molecule has 4 bridgehead atoms. The minimum absolute atomic E-state index is 0.0676. The molecule has 5 atom stereocenters. The van der Waals surface area contributed by atoms with Gasteiger partial charge in [0.05, 0.1) is 21.9 Å². The zero-order valence-electron chi connectivity index (χ0n) is 12.9. The lowest BCUT2D eigenvalue weighted by Gasteiger charge is -2.13. The number of hydrogen-bond donors (Lipinski definition) is 1. The molecule has 1 aromatic heterocycles. The number of nitrogens with zero attached hydrogens (tertiary/aromatic N) is 1. The standard InChI is InChI=1S/C17H14F2N2O2S2/c18-11(19)5-24-17-21-9-2-1-6(3-10(9)25-17)20-16(23)14-8-4-7-12(14)13(7)15(8)22/h1-3,7-8,11-14H,4-5H2,(H,20,23). The summed E-state index contributed by atoms with van der Waals surface area (Å²) < 4.78 is 26.1. The van der Waals surface area contributed by atoms with Crippen molar-refractivity contribution in [1.82, 2.24) is 4.98 Å². The second-order valence-electron chi connectivity index (χ2n) is 6.89. The number of alkyl halides is 2. The van der Waals surface area contributed by atoms with E-state index in [0.717, 1.165) is 28.4 Å². The van der Waals surface area contributed by atoms with Gasteiger partial charge in [-0.05, 0) is 36.5 Å². The van der Waals surface area contributed by atoms with Crippen LogP contribution in [0.25, 0.3) is 10.2 Å². The van der Waals surface area contributed by atoms with Crippen molar-refractivity contribution in [3.05, 3.63) is 18.2 Å². The maximum absolute atomic E-state index is 12.6. The molecule has 1 amide bonds. The summed E-state index contributed by atoms with van der Waals surface area (Å²) in [5.41, 5.74) is 1.40. The van der Waals surface area contributed by atoms with Gasteiger partial charge in [0, 0.05) is 17.5 Å². The average Bonchev–Trinajstić information content (AvgIpc) is 2.93.